The SMILES string of the molecule is CCC(C)C1CN(c2ccc(Cl)cc2Cl)CCN1. The molecule has 1 fully saturated rings. The minimum atomic E-state index is 0.537. The fourth-order valence-electron chi connectivity index (χ4n) is 2.40. The Morgan fingerprint density at radius 2 is 2.22 bits per heavy atom. The zero-order chi connectivity index (χ0) is 13.1. The molecule has 0 spiro atoms. The first kappa shape index (κ1) is 14.0. The highest BCUT2D eigenvalue weighted by molar-refractivity contribution is 6.36. The number of piperazine rings is 1. The number of benzene rings is 1. The molecule has 1 aliphatic rings. The summed E-state index contributed by atoms with van der Waals surface area (Å²) >= 11 is 12.2. The van der Waals surface area contributed by atoms with E-state index in [-0.39, 0.29) is 0 Å². The Balaban J connectivity index is 2.13. The molecular weight excluding hydrogens is 267 g/mol. The minimum Gasteiger partial charge on any atom is -0.367 e. The summed E-state index contributed by atoms with van der Waals surface area (Å²) in [4.78, 5) is 2.35. The van der Waals surface area contributed by atoms with Crippen molar-refractivity contribution in [2.45, 2.75) is 26.3 Å². The van der Waals surface area contributed by atoms with Crippen LogP contribution >= 0.6 is 23.2 Å². The highest BCUT2D eigenvalue weighted by Gasteiger charge is 2.24. The third-order valence-corrected chi connectivity index (χ3v) is 4.32. The van der Waals surface area contributed by atoms with Gasteiger partial charge in [-0.05, 0) is 24.1 Å². The fourth-order valence-corrected chi connectivity index (χ4v) is 2.93. The normalized spacial score (nSPS) is 22.0. The molecule has 1 aliphatic heterocycles. The summed E-state index contributed by atoms with van der Waals surface area (Å²) in [6.07, 6.45) is 1.19. The number of nitrogens with one attached hydrogen (secondary N) is 1. The molecule has 18 heavy (non-hydrogen) atoms. The Bertz CT molecular complexity index is 409. The zero-order valence-corrected chi connectivity index (χ0v) is 12.4. The third kappa shape index (κ3) is 3.11. The largest absolute Gasteiger partial charge is 0.367 e. The summed E-state index contributed by atoms with van der Waals surface area (Å²) in [7, 11) is 0. The van der Waals surface area contributed by atoms with Crippen LogP contribution in [0.5, 0.6) is 0 Å². The van der Waals surface area contributed by atoms with Gasteiger partial charge in [-0.1, -0.05) is 43.5 Å². The van der Waals surface area contributed by atoms with Crippen molar-refractivity contribution in [1.82, 2.24) is 5.32 Å². The van der Waals surface area contributed by atoms with Crippen LogP contribution in [0.2, 0.25) is 10.0 Å². The quantitative estimate of drug-likeness (QED) is 0.909. The molecule has 1 aromatic carbocycles. The summed E-state index contributed by atoms with van der Waals surface area (Å²) in [5.41, 5.74) is 1.09. The van der Waals surface area contributed by atoms with Crippen LogP contribution in [0.4, 0.5) is 5.69 Å². The van der Waals surface area contributed by atoms with Crippen LogP contribution < -0.4 is 10.2 Å². The topological polar surface area (TPSA) is 15.3 Å². The third-order valence-electron chi connectivity index (χ3n) is 3.79. The predicted octanol–water partition coefficient (Wildman–Crippen LogP) is 3.82. The summed E-state index contributed by atoms with van der Waals surface area (Å²) in [6, 6.07) is 6.28. The van der Waals surface area contributed by atoms with E-state index in [1.807, 2.05) is 18.2 Å². The predicted molar refractivity (Wildman–Crippen MR) is 79.9 cm³/mol. The van der Waals surface area contributed by atoms with Gasteiger partial charge in [0, 0.05) is 30.7 Å². The van der Waals surface area contributed by atoms with Crippen molar-refractivity contribution < 1.29 is 0 Å². The summed E-state index contributed by atoms with van der Waals surface area (Å²) < 4.78 is 0. The lowest BCUT2D eigenvalue weighted by Gasteiger charge is -2.38. The Kier molecular flexibility index (Phi) is 4.77. The molecule has 4 heteroatoms. The second kappa shape index (κ2) is 6.14. The van der Waals surface area contributed by atoms with E-state index in [9.17, 15) is 0 Å². The van der Waals surface area contributed by atoms with E-state index in [0.717, 1.165) is 30.3 Å². The van der Waals surface area contributed by atoms with E-state index in [0.29, 0.717) is 17.0 Å². The number of halogens is 2. The van der Waals surface area contributed by atoms with Crippen LogP contribution in [0, 0.1) is 5.92 Å². The van der Waals surface area contributed by atoms with Crippen LogP contribution in [-0.4, -0.2) is 25.7 Å². The second-order valence-electron chi connectivity index (χ2n) is 4.99. The lowest BCUT2D eigenvalue weighted by molar-refractivity contribution is 0.342. The number of hydrogen-bond donors (Lipinski definition) is 1. The fraction of sp³-hybridized carbons (Fsp3) is 0.571. The summed E-state index contributed by atoms with van der Waals surface area (Å²) in [5, 5.41) is 5.02. The van der Waals surface area contributed by atoms with Gasteiger partial charge in [0.05, 0.1) is 10.7 Å². The van der Waals surface area contributed by atoms with Crippen molar-refractivity contribution in [3.05, 3.63) is 28.2 Å². The summed E-state index contributed by atoms with van der Waals surface area (Å²) in [6.45, 7) is 7.55. The van der Waals surface area contributed by atoms with Crippen LogP contribution in [0.3, 0.4) is 0 Å². The molecule has 0 aliphatic carbocycles. The maximum Gasteiger partial charge on any atom is 0.0654 e. The first-order chi connectivity index (χ1) is 8.61. The van der Waals surface area contributed by atoms with Gasteiger partial charge in [0.1, 0.15) is 0 Å². The number of hydrogen-bond acceptors (Lipinski definition) is 2. The summed E-state index contributed by atoms with van der Waals surface area (Å²) in [5.74, 6) is 0.680. The molecular formula is C14H20Cl2N2. The van der Waals surface area contributed by atoms with E-state index in [1.54, 1.807) is 0 Å². The lowest BCUT2D eigenvalue weighted by Crippen LogP contribution is -2.53. The maximum atomic E-state index is 6.28. The maximum absolute atomic E-state index is 6.28. The van der Waals surface area contributed by atoms with E-state index in [4.69, 9.17) is 23.2 Å². The molecule has 2 atom stereocenters. The van der Waals surface area contributed by atoms with E-state index < -0.39 is 0 Å². The standard InChI is InChI=1S/C14H20Cl2N2/c1-3-10(2)13-9-18(7-6-17-13)14-5-4-11(15)8-12(14)16/h4-5,8,10,13,17H,3,6-7,9H2,1-2H3. The first-order valence-corrected chi connectivity index (χ1v) is 7.30. The molecule has 1 aromatic rings. The van der Waals surface area contributed by atoms with Gasteiger partial charge in [-0.15, -0.1) is 0 Å². The van der Waals surface area contributed by atoms with Gasteiger partial charge in [-0.25, -0.2) is 0 Å². The van der Waals surface area contributed by atoms with Crippen molar-refractivity contribution >= 4 is 28.9 Å². The van der Waals surface area contributed by atoms with Gasteiger partial charge in [0.15, 0.2) is 0 Å². The Labute approximate surface area is 119 Å². The number of anilines is 1. The lowest BCUT2D eigenvalue weighted by atomic mass is 9.97. The van der Waals surface area contributed by atoms with Gasteiger partial charge in [0.2, 0.25) is 0 Å². The number of rotatable bonds is 3. The second-order valence-corrected chi connectivity index (χ2v) is 5.83. The molecule has 0 radical (unpaired) electrons. The Morgan fingerprint density at radius 1 is 1.44 bits per heavy atom. The molecule has 0 amide bonds. The molecule has 2 rings (SSSR count). The molecule has 0 saturated carbocycles. The van der Waals surface area contributed by atoms with E-state index in [2.05, 4.69) is 24.1 Å². The highest BCUT2D eigenvalue weighted by Crippen LogP contribution is 2.30. The van der Waals surface area contributed by atoms with Gasteiger partial charge in [-0.3, -0.25) is 0 Å². The van der Waals surface area contributed by atoms with Gasteiger partial charge in [-0.2, -0.15) is 0 Å². The van der Waals surface area contributed by atoms with Crippen LogP contribution in [-0.2, 0) is 0 Å². The van der Waals surface area contributed by atoms with Crippen LogP contribution in [0.15, 0.2) is 18.2 Å². The zero-order valence-electron chi connectivity index (χ0n) is 10.9. The first-order valence-electron chi connectivity index (χ1n) is 6.55. The average molecular weight is 287 g/mol. The Hall–Kier alpha value is -0.440. The Morgan fingerprint density at radius 3 is 2.89 bits per heavy atom. The van der Waals surface area contributed by atoms with Crippen molar-refractivity contribution in [1.29, 1.82) is 0 Å². The average Bonchev–Trinajstić information content (AvgIpc) is 2.38. The molecule has 0 aromatic heterocycles. The van der Waals surface area contributed by atoms with Gasteiger partial charge >= 0.3 is 0 Å². The van der Waals surface area contributed by atoms with Gasteiger partial charge < -0.3 is 10.2 Å². The van der Waals surface area contributed by atoms with Crippen LogP contribution in [0.25, 0.3) is 0 Å². The van der Waals surface area contributed by atoms with Crippen molar-refractivity contribution in [2.24, 2.45) is 5.92 Å². The van der Waals surface area contributed by atoms with E-state index in [1.165, 1.54) is 6.42 Å². The smallest absolute Gasteiger partial charge is 0.0654 e. The molecule has 2 nitrogen and oxygen atoms in total. The molecule has 1 N–H and O–H groups in total. The van der Waals surface area contributed by atoms with Crippen molar-refractivity contribution in [2.75, 3.05) is 24.5 Å². The van der Waals surface area contributed by atoms with Crippen molar-refractivity contribution in [3.8, 4) is 0 Å². The minimum absolute atomic E-state index is 0.537. The highest BCUT2D eigenvalue weighted by atomic mass is 35.5. The molecule has 1 heterocycles. The molecule has 100 valence electrons. The molecule has 0 bridgehead atoms. The van der Waals surface area contributed by atoms with Gasteiger partial charge in [0.25, 0.3) is 0 Å². The molecule has 1 saturated heterocycles. The molecule has 2 unspecified atom stereocenters. The van der Waals surface area contributed by atoms with E-state index >= 15 is 0 Å². The van der Waals surface area contributed by atoms with Crippen LogP contribution in [0.1, 0.15) is 20.3 Å². The monoisotopic (exact) mass is 286 g/mol. The van der Waals surface area contributed by atoms with Crippen molar-refractivity contribution in [3.63, 3.8) is 0 Å². The number of nitrogens with zero attached hydrogens (tertiary/aromatic N) is 1.